The van der Waals surface area contributed by atoms with Crippen LogP contribution in [0.15, 0.2) is 12.7 Å². The van der Waals surface area contributed by atoms with E-state index in [1.54, 1.807) is 0 Å². The number of nitrogens with zero attached hydrogens (tertiary/aromatic N) is 2. The third-order valence-corrected chi connectivity index (χ3v) is 8.89. The molecule has 0 bridgehead atoms. The molecule has 0 amide bonds. The first-order valence-corrected chi connectivity index (χ1v) is 15.5. The van der Waals surface area contributed by atoms with Crippen LogP contribution in [0.2, 0.25) is 0 Å². The zero-order valence-corrected chi connectivity index (χ0v) is 24.5. The van der Waals surface area contributed by atoms with Crippen LogP contribution in [0.25, 0.3) is 0 Å². The van der Waals surface area contributed by atoms with Crippen LogP contribution < -0.4 is 0 Å². The van der Waals surface area contributed by atoms with Crippen LogP contribution in [0.3, 0.4) is 0 Å². The smallest absolute Gasteiger partial charge is 0.393 e. The van der Waals surface area contributed by atoms with E-state index >= 15 is 0 Å². The fraction of sp³-hybridized carbons (Fsp3) is 0.735. The Morgan fingerprint density at radius 2 is 1.31 bits per heavy atom. The number of ether oxygens (including phenoxy) is 2. The molecular formula is C34H43F3N2O3. The highest BCUT2D eigenvalue weighted by atomic mass is 19.4. The summed E-state index contributed by atoms with van der Waals surface area (Å²) in [6.07, 6.45) is 7.22. The van der Waals surface area contributed by atoms with Crippen LogP contribution in [0, 0.1) is 87.8 Å². The summed E-state index contributed by atoms with van der Waals surface area (Å²) in [5.74, 6) is 9.04. The van der Waals surface area contributed by atoms with Gasteiger partial charge in [0, 0.05) is 36.4 Å². The summed E-state index contributed by atoms with van der Waals surface area (Å²) < 4.78 is 53.0. The van der Waals surface area contributed by atoms with E-state index in [2.05, 4.69) is 42.4 Å². The molecule has 3 aliphatic carbocycles. The third kappa shape index (κ3) is 11.0. The van der Waals surface area contributed by atoms with Gasteiger partial charge in [0.25, 0.3) is 0 Å². The fourth-order valence-corrected chi connectivity index (χ4v) is 6.31. The number of carbonyl (C=O) groups excluding carboxylic acids is 1. The number of nitriles is 2. The number of unbranched alkanes of at least 4 members (excludes halogenated alkanes) is 3. The number of carbonyl (C=O) groups is 1. The van der Waals surface area contributed by atoms with Crippen molar-refractivity contribution in [3.05, 3.63) is 12.7 Å². The van der Waals surface area contributed by atoms with E-state index in [0.717, 1.165) is 51.4 Å². The van der Waals surface area contributed by atoms with Gasteiger partial charge in [0.05, 0.1) is 42.6 Å². The lowest BCUT2D eigenvalue weighted by molar-refractivity contribution is -0.192. The Bertz CT molecular complexity index is 1090. The van der Waals surface area contributed by atoms with Crippen LogP contribution in [0.1, 0.15) is 89.9 Å². The highest BCUT2D eigenvalue weighted by Gasteiger charge is 2.47. The average molecular weight is 585 g/mol. The molecule has 0 aliphatic heterocycles. The van der Waals surface area contributed by atoms with Crippen molar-refractivity contribution in [2.75, 3.05) is 13.2 Å². The van der Waals surface area contributed by atoms with Gasteiger partial charge in [-0.3, -0.25) is 0 Å². The van der Waals surface area contributed by atoms with E-state index < -0.39 is 23.9 Å². The summed E-state index contributed by atoms with van der Waals surface area (Å²) >= 11 is 0. The van der Waals surface area contributed by atoms with Gasteiger partial charge in [-0.2, -0.15) is 23.7 Å². The van der Waals surface area contributed by atoms with Gasteiger partial charge in [0.2, 0.25) is 0 Å². The molecule has 6 atom stereocenters. The number of halogens is 3. The van der Waals surface area contributed by atoms with Gasteiger partial charge in [-0.15, -0.1) is 0 Å². The minimum Gasteiger partial charge on any atom is -0.463 e. The van der Waals surface area contributed by atoms with Gasteiger partial charge in [-0.1, -0.05) is 36.7 Å². The van der Waals surface area contributed by atoms with Crippen LogP contribution in [-0.4, -0.2) is 31.5 Å². The Labute approximate surface area is 249 Å². The molecule has 0 aromatic heterocycles. The third-order valence-electron chi connectivity index (χ3n) is 8.89. The summed E-state index contributed by atoms with van der Waals surface area (Å²) in [6.45, 7) is 4.49. The second kappa shape index (κ2) is 17.2. The lowest BCUT2D eigenvalue weighted by Gasteiger charge is -2.33. The maximum Gasteiger partial charge on any atom is 0.393 e. The topological polar surface area (TPSA) is 83.1 Å². The molecule has 3 fully saturated rings. The molecule has 0 spiro atoms. The first-order chi connectivity index (χ1) is 20.2. The number of hydrogen-bond acceptors (Lipinski definition) is 5. The van der Waals surface area contributed by atoms with E-state index in [1.165, 1.54) is 6.08 Å². The Hall–Kier alpha value is -2.94. The maximum atomic E-state index is 14.0. The molecule has 3 rings (SSSR count). The van der Waals surface area contributed by atoms with Crippen molar-refractivity contribution in [2.45, 2.75) is 102 Å². The second-order valence-electron chi connectivity index (χ2n) is 12.0. The summed E-state index contributed by atoms with van der Waals surface area (Å²) in [5, 5.41) is 18.5. The largest absolute Gasteiger partial charge is 0.463 e. The molecule has 0 radical (unpaired) electrons. The molecule has 0 heterocycles. The normalized spacial score (nSPS) is 31.2. The van der Waals surface area contributed by atoms with E-state index in [4.69, 9.17) is 9.47 Å². The number of rotatable bonds is 9. The molecule has 5 nitrogen and oxygen atoms in total. The van der Waals surface area contributed by atoms with Crippen molar-refractivity contribution in [2.24, 2.45) is 41.4 Å². The van der Waals surface area contributed by atoms with Gasteiger partial charge in [-0.25, -0.2) is 4.79 Å². The summed E-state index contributed by atoms with van der Waals surface area (Å²) in [4.78, 5) is 11.0. The van der Waals surface area contributed by atoms with Crippen LogP contribution in [-0.2, 0) is 14.3 Å². The average Bonchev–Trinajstić information content (AvgIpc) is 3.00. The zero-order valence-electron chi connectivity index (χ0n) is 24.5. The zero-order chi connectivity index (χ0) is 30.4. The molecule has 0 aromatic carbocycles. The maximum absolute atomic E-state index is 14.0. The predicted octanol–water partition coefficient (Wildman–Crippen LogP) is 7.53. The molecule has 6 unspecified atom stereocenters. The number of hydrogen-bond donors (Lipinski definition) is 0. The van der Waals surface area contributed by atoms with Crippen molar-refractivity contribution < 1.29 is 27.4 Å². The lowest BCUT2D eigenvalue weighted by atomic mass is 9.72. The van der Waals surface area contributed by atoms with Gasteiger partial charge in [-0.05, 0) is 83.5 Å². The monoisotopic (exact) mass is 584 g/mol. The van der Waals surface area contributed by atoms with Gasteiger partial charge < -0.3 is 9.47 Å². The number of esters is 1. The summed E-state index contributed by atoms with van der Waals surface area (Å²) in [7, 11) is 0. The highest BCUT2D eigenvalue weighted by molar-refractivity contribution is 5.81. The van der Waals surface area contributed by atoms with Crippen molar-refractivity contribution in [1.29, 1.82) is 10.5 Å². The highest BCUT2D eigenvalue weighted by Crippen LogP contribution is 2.44. The van der Waals surface area contributed by atoms with Crippen LogP contribution >= 0.6 is 0 Å². The molecule has 8 heteroatoms. The Morgan fingerprint density at radius 1 is 0.738 bits per heavy atom. The van der Waals surface area contributed by atoms with Gasteiger partial charge >= 0.3 is 12.1 Å². The molecule has 3 aliphatic rings. The summed E-state index contributed by atoms with van der Waals surface area (Å²) in [6, 6.07) is 4.34. The van der Waals surface area contributed by atoms with E-state index in [1.807, 2.05) is 0 Å². The number of alkyl halides is 3. The van der Waals surface area contributed by atoms with Gasteiger partial charge in [0.15, 0.2) is 0 Å². The molecular weight excluding hydrogens is 541 g/mol. The molecule has 0 aromatic rings. The standard InChI is InChI=1S/C34H43F3N2O3/c1-2-33(40)42-20-6-4-3-5-19-41-31-17-12-25(13-18-31)7-8-27-10-15-28(32(22-27)34(35,36)37)14-9-26-11-16-29(23-38)30(21-26)24-39/h2,25-32H,1,3-6,10-13,15-22H2. The Kier molecular flexibility index (Phi) is 13.8. The molecule has 0 saturated heterocycles. The van der Waals surface area contributed by atoms with E-state index in [0.29, 0.717) is 45.3 Å². The summed E-state index contributed by atoms with van der Waals surface area (Å²) in [5.41, 5.74) is 0. The van der Waals surface area contributed by atoms with E-state index in [-0.39, 0.29) is 42.2 Å². The molecule has 0 N–H and O–H groups in total. The fourth-order valence-electron chi connectivity index (χ4n) is 6.31. The lowest BCUT2D eigenvalue weighted by Crippen LogP contribution is -2.35. The van der Waals surface area contributed by atoms with Crippen LogP contribution in [0.5, 0.6) is 0 Å². The quantitative estimate of drug-likeness (QED) is 0.121. The van der Waals surface area contributed by atoms with Gasteiger partial charge in [0.1, 0.15) is 0 Å². The molecule has 3 saturated carbocycles. The minimum absolute atomic E-state index is 0.00696. The minimum atomic E-state index is -4.32. The van der Waals surface area contributed by atoms with Crippen LogP contribution in [0.4, 0.5) is 13.2 Å². The Balaban J connectivity index is 1.38. The Morgan fingerprint density at radius 3 is 1.95 bits per heavy atom. The predicted molar refractivity (Wildman–Crippen MR) is 153 cm³/mol. The van der Waals surface area contributed by atoms with Crippen molar-refractivity contribution >= 4 is 5.97 Å². The van der Waals surface area contributed by atoms with Crippen molar-refractivity contribution in [3.8, 4) is 35.8 Å². The van der Waals surface area contributed by atoms with Crippen molar-refractivity contribution in [1.82, 2.24) is 0 Å². The SMILES string of the molecule is C=CC(=O)OCCCCCCOC1CCC(C#CC2CCC(C#CC3CCC(C#N)C(C#N)C3)C(C(F)(F)F)C2)CC1. The first-order valence-electron chi connectivity index (χ1n) is 15.5. The van der Waals surface area contributed by atoms with Crippen molar-refractivity contribution in [3.63, 3.8) is 0 Å². The molecule has 228 valence electrons. The first kappa shape index (κ1) is 33.6. The van der Waals surface area contributed by atoms with E-state index in [9.17, 15) is 28.5 Å². The second-order valence-corrected chi connectivity index (χ2v) is 12.0. The molecule has 42 heavy (non-hydrogen) atoms.